The fraction of sp³-hybridized carbons (Fsp3) is 0.429. The van der Waals surface area contributed by atoms with E-state index in [4.69, 9.17) is 0 Å². The highest BCUT2D eigenvalue weighted by atomic mass is 32.1. The lowest BCUT2D eigenvalue weighted by Gasteiger charge is -2.35. The highest BCUT2D eigenvalue weighted by Crippen LogP contribution is 2.23. The summed E-state index contributed by atoms with van der Waals surface area (Å²) in [5, 5.41) is 6.41. The lowest BCUT2D eigenvalue weighted by atomic mass is 10.3. The van der Waals surface area contributed by atoms with Gasteiger partial charge in [0.15, 0.2) is 5.13 Å². The second-order valence-corrected chi connectivity index (χ2v) is 5.65. The number of hydrogen-bond acceptors (Lipinski definition) is 6. The van der Waals surface area contributed by atoms with Gasteiger partial charge in [-0.15, -0.1) is 11.3 Å². The first-order valence-electron chi connectivity index (χ1n) is 6.87. The molecule has 0 spiro atoms. The number of piperazine rings is 1. The van der Waals surface area contributed by atoms with Crippen molar-refractivity contribution < 1.29 is 0 Å². The lowest BCUT2D eigenvalue weighted by Crippen LogP contribution is -2.46. The molecule has 3 rings (SSSR count). The van der Waals surface area contributed by atoms with Crippen LogP contribution in [0.5, 0.6) is 0 Å². The third kappa shape index (κ3) is 2.91. The van der Waals surface area contributed by atoms with Crippen LogP contribution in [-0.2, 0) is 6.54 Å². The van der Waals surface area contributed by atoms with Gasteiger partial charge in [-0.05, 0) is 19.2 Å². The Morgan fingerprint density at radius 1 is 1.20 bits per heavy atom. The minimum atomic E-state index is 0.838. The Labute approximate surface area is 123 Å². The Morgan fingerprint density at radius 2 is 2.00 bits per heavy atom. The topological polar surface area (TPSA) is 44.3 Å². The third-order valence-electron chi connectivity index (χ3n) is 3.42. The van der Waals surface area contributed by atoms with Crippen molar-refractivity contribution in [2.24, 2.45) is 0 Å². The number of pyridine rings is 1. The van der Waals surface area contributed by atoms with Crippen LogP contribution in [0.25, 0.3) is 0 Å². The van der Waals surface area contributed by atoms with E-state index in [-0.39, 0.29) is 0 Å². The zero-order valence-electron chi connectivity index (χ0n) is 11.6. The first-order chi connectivity index (χ1) is 9.86. The molecule has 0 atom stereocenters. The van der Waals surface area contributed by atoms with Gasteiger partial charge in [0.05, 0.1) is 5.69 Å². The summed E-state index contributed by atoms with van der Waals surface area (Å²) in [6, 6.07) is 6.07. The van der Waals surface area contributed by atoms with Gasteiger partial charge in [-0.3, -0.25) is 0 Å². The van der Waals surface area contributed by atoms with E-state index in [1.807, 2.05) is 25.4 Å². The summed E-state index contributed by atoms with van der Waals surface area (Å²) in [7, 11) is 1.95. The smallest absolute Gasteiger partial charge is 0.185 e. The maximum absolute atomic E-state index is 4.67. The molecule has 1 aliphatic rings. The summed E-state index contributed by atoms with van der Waals surface area (Å²) < 4.78 is 0. The molecule has 20 heavy (non-hydrogen) atoms. The van der Waals surface area contributed by atoms with Gasteiger partial charge >= 0.3 is 0 Å². The van der Waals surface area contributed by atoms with Crippen molar-refractivity contribution in [2.75, 3.05) is 43.0 Å². The van der Waals surface area contributed by atoms with E-state index < -0.39 is 0 Å². The molecule has 0 unspecified atom stereocenters. The van der Waals surface area contributed by atoms with Gasteiger partial charge in [0.2, 0.25) is 0 Å². The zero-order valence-corrected chi connectivity index (χ0v) is 12.4. The van der Waals surface area contributed by atoms with E-state index in [9.17, 15) is 0 Å². The van der Waals surface area contributed by atoms with E-state index in [0.29, 0.717) is 0 Å². The Kier molecular flexibility index (Phi) is 4.13. The molecule has 0 bridgehead atoms. The quantitative estimate of drug-likeness (QED) is 0.926. The van der Waals surface area contributed by atoms with Gasteiger partial charge in [-0.25, -0.2) is 9.97 Å². The number of nitrogens with one attached hydrogen (secondary N) is 1. The number of nitrogens with zero attached hydrogens (tertiary/aromatic N) is 4. The van der Waals surface area contributed by atoms with Gasteiger partial charge < -0.3 is 15.1 Å². The predicted octanol–water partition coefficient (Wildman–Crippen LogP) is 1.58. The van der Waals surface area contributed by atoms with Gasteiger partial charge in [-0.1, -0.05) is 6.07 Å². The molecule has 0 amide bonds. The van der Waals surface area contributed by atoms with Crippen LogP contribution in [0, 0.1) is 0 Å². The number of hydrogen-bond donors (Lipinski definition) is 1. The molecular formula is C14H19N5S. The average Bonchev–Trinajstić information content (AvgIpc) is 2.97. The van der Waals surface area contributed by atoms with Crippen LogP contribution >= 0.6 is 11.3 Å². The summed E-state index contributed by atoms with van der Waals surface area (Å²) in [5.74, 6) is 1.07. The van der Waals surface area contributed by atoms with Crippen LogP contribution in [0.2, 0.25) is 0 Å². The number of anilines is 2. The molecule has 0 aliphatic carbocycles. The van der Waals surface area contributed by atoms with Crippen LogP contribution in [0.1, 0.15) is 5.69 Å². The van der Waals surface area contributed by atoms with Crippen molar-refractivity contribution in [1.29, 1.82) is 0 Å². The van der Waals surface area contributed by atoms with Gasteiger partial charge in [-0.2, -0.15) is 0 Å². The van der Waals surface area contributed by atoms with Crippen molar-refractivity contribution in [1.82, 2.24) is 15.3 Å². The summed E-state index contributed by atoms with van der Waals surface area (Å²) >= 11 is 1.73. The lowest BCUT2D eigenvalue weighted by molar-refractivity contribution is 0.644. The Hall–Kier alpha value is -1.66. The molecule has 2 aromatic heterocycles. The SMILES string of the molecule is CNCc1csc(N2CCN(c3ccccn3)CC2)n1. The Balaban J connectivity index is 1.60. The molecule has 1 saturated heterocycles. The standard InChI is InChI=1S/C14H19N5S/c1-15-10-12-11-20-14(17-12)19-8-6-18(7-9-19)13-4-2-3-5-16-13/h2-5,11,15H,6-10H2,1H3. The largest absolute Gasteiger partial charge is 0.353 e. The highest BCUT2D eigenvalue weighted by molar-refractivity contribution is 7.13. The second-order valence-electron chi connectivity index (χ2n) is 4.81. The van der Waals surface area contributed by atoms with E-state index >= 15 is 0 Å². The minimum absolute atomic E-state index is 0.838. The van der Waals surface area contributed by atoms with E-state index in [1.54, 1.807) is 11.3 Å². The number of rotatable bonds is 4. The van der Waals surface area contributed by atoms with Crippen molar-refractivity contribution >= 4 is 22.3 Å². The minimum Gasteiger partial charge on any atom is -0.353 e. The molecular weight excluding hydrogens is 270 g/mol. The number of aromatic nitrogens is 2. The molecule has 6 heteroatoms. The first kappa shape index (κ1) is 13.3. The molecule has 106 valence electrons. The average molecular weight is 289 g/mol. The van der Waals surface area contributed by atoms with Crippen LogP contribution in [-0.4, -0.2) is 43.2 Å². The second kappa shape index (κ2) is 6.19. The van der Waals surface area contributed by atoms with Crippen LogP contribution < -0.4 is 15.1 Å². The summed E-state index contributed by atoms with van der Waals surface area (Å²) in [6.07, 6.45) is 1.85. The molecule has 0 aromatic carbocycles. The van der Waals surface area contributed by atoms with Crippen molar-refractivity contribution in [2.45, 2.75) is 6.54 Å². The molecule has 0 radical (unpaired) electrons. The normalized spacial score (nSPS) is 15.7. The Bertz CT molecular complexity index is 534. The Morgan fingerprint density at radius 3 is 2.70 bits per heavy atom. The van der Waals surface area contributed by atoms with E-state index in [2.05, 4.69) is 36.5 Å². The van der Waals surface area contributed by atoms with Gasteiger partial charge in [0.25, 0.3) is 0 Å². The summed E-state index contributed by atoms with van der Waals surface area (Å²) in [4.78, 5) is 13.8. The van der Waals surface area contributed by atoms with Crippen LogP contribution in [0.4, 0.5) is 10.9 Å². The van der Waals surface area contributed by atoms with Crippen molar-refractivity contribution in [3.8, 4) is 0 Å². The van der Waals surface area contributed by atoms with Crippen molar-refractivity contribution in [3.63, 3.8) is 0 Å². The molecule has 0 saturated carbocycles. The van der Waals surface area contributed by atoms with Gasteiger partial charge in [0.1, 0.15) is 5.82 Å². The van der Waals surface area contributed by atoms with Gasteiger partial charge in [0, 0.05) is 44.3 Å². The maximum Gasteiger partial charge on any atom is 0.185 e. The molecule has 1 fully saturated rings. The molecule has 1 N–H and O–H groups in total. The highest BCUT2D eigenvalue weighted by Gasteiger charge is 2.19. The molecule has 1 aliphatic heterocycles. The first-order valence-corrected chi connectivity index (χ1v) is 7.75. The fourth-order valence-electron chi connectivity index (χ4n) is 2.37. The van der Waals surface area contributed by atoms with E-state index in [0.717, 1.165) is 49.4 Å². The monoisotopic (exact) mass is 289 g/mol. The summed E-state index contributed by atoms with van der Waals surface area (Å²) in [6.45, 7) is 4.84. The molecule has 3 heterocycles. The van der Waals surface area contributed by atoms with E-state index in [1.165, 1.54) is 0 Å². The zero-order chi connectivity index (χ0) is 13.8. The summed E-state index contributed by atoms with van der Waals surface area (Å²) in [5.41, 5.74) is 1.12. The molecule has 2 aromatic rings. The van der Waals surface area contributed by atoms with Crippen LogP contribution in [0.15, 0.2) is 29.8 Å². The fourth-order valence-corrected chi connectivity index (χ4v) is 3.25. The molecule has 5 nitrogen and oxygen atoms in total. The van der Waals surface area contributed by atoms with Crippen molar-refractivity contribution in [3.05, 3.63) is 35.5 Å². The third-order valence-corrected chi connectivity index (χ3v) is 4.37. The maximum atomic E-state index is 4.67. The van der Waals surface area contributed by atoms with Crippen LogP contribution in [0.3, 0.4) is 0 Å². The number of thiazole rings is 1. The predicted molar refractivity (Wildman–Crippen MR) is 83.5 cm³/mol.